The molecule has 12 heteroatoms. The summed E-state index contributed by atoms with van der Waals surface area (Å²) in [5.41, 5.74) is 0. The smallest absolute Gasteiger partial charge is 0.462 e. The molecule has 11 nitrogen and oxygen atoms in total. The normalized spacial score (nSPS) is 14.8. The predicted molar refractivity (Wildman–Crippen MR) is 225 cm³/mol. The third-order valence-corrected chi connectivity index (χ3v) is 10.4. The maximum atomic E-state index is 12.6. The monoisotopic (exact) mass is 817 g/mol. The van der Waals surface area contributed by atoms with E-state index < -0.39 is 64.5 Å². The van der Waals surface area contributed by atoms with E-state index in [-0.39, 0.29) is 12.8 Å². The van der Waals surface area contributed by atoms with Gasteiger partial charge in [0.25, 0.3) is 0 Å². The zero-order valence-electron chi connectivity index (χ0n) is 35.2. The first-order chi connectivity index (χ1) is 27.1. The zero-order chi connectivity index (χ0) is 41.4. The van der Waals surface area contributed by atoms with Crippen molar-refractivity contribution in [3.63, 3.8) is 0 Å². The van der Waals surface area contributed by atoms with Crippen molar-refractivity contribution >= 4 is 19.8 Å². The molecule has 0 aromatic heterocycles. The molecule has 0 aliphatic carbocycles. The van der Waals surface area contributed by atoms with E-state index in [1.807, 2.05) is 12.2 Å². The van der Waals surface area contributed by atoms with E-state index in [0.717, 1.165) is 32.1 Å². The fraction of sp³-hybridized carbons (Fsp3) is 0.818. The molecule has 0 spiro atoms. The van der Waals surface area contributed by atoms with Gasteiger partial charge in [-0.3, -0.25) is 18.6 Å². The molecule has 0 saturated heterocycles. The van der Waals surface area contributed by atoms with Gasteiger partial charge in [-0.15, -0.1) is 0 Å². The number of aliphatic hydroxyl groups excluding tert-OH is 3. The molecule has 0 heterocycles. The van der Waals surface area contributed by atoms with Crippen LogP contribution in [0.25, 0.3) is 0 Å². The summed E-state index contributed by atoms with van der Waals surface area (Å²) in [5, 5.41) is 28.6. The molecule has 0 aliphatic rings. The van der Waals surface area contributed by atoms with Gasteiger partial charge >= 0.3 is 19.8 Å². The molecule has 0 aliphatic heterocycles. The standard InChI is InChI=1S/C44H81O11P/c1-3-5-7-9-11-13-15-17-18-20-22-24-26-28-30-34-44(49)55-42(39-54-56(50,51)53-37-41(47)36-45)38-52-43(48)35-31-33-40(46)32-29-27-25-23-21-19-16-14-12-10-8-6-4-2/h19,21,25,27,29,32,40-42,45-47H,3-18,20,22-24,26,28,30-31,33-39H2,1-2H3,(H,50,51)/b21-19+,27-25+,32-29+/t40?,41-,42+/m0/s1. The first-order valence-corrected chi connectivity index (χ1v) is 23.5. The van der Waals surface area contributed by atoms with Crippen molar-refractivity contribution in [1.82, 2.24) is 0 Å². The second kappa shape index (κ2) is 40.0. The largest absolute Gasteiger partial charge is 0.472 e. The number of phosphoric ester groups is 1. The minimum Gasteiger partial charge on any atom is -0.462 e. The van der Waals surface area contributed by atoms with Crippen LogP contribution >= 0.6 is 7.82 Å². The third-order valence-electron chi connectivity index (χ3n) is 9.40. The molecular weight excluding hydrogens is 735 g/mol. The predicted octanol–water partition coefficient (Wildman–Crippen LogP) is 10.5. The Hall–Kier alpha value is -1.85. The van der Waals surface area contributed by atoms with Crippen molar-refractivity contribution in [1.29, 1.82) is 0 Å². The lowest BCUT2D eigenvalue weighted by Crippen LogP contribution is -2.30. The first kappa shape index (κ1) is 54.2. The Balaban J connectivity index is 4.46. The third kappa shape index (κ3) is 39.0. The Morgan fingerprint density at radius 3 is 1.70 bits per heavy atom. The Morgan fingerprint density at radius 2 is 1.12 bits per heavy atom. The highest BCUT2D eigenvalue weighted by Crippen LogP contribution is 2.43. The van der Waals surface area contributed by atoms with E-state index >= 15 is 0 Å². The summed E-state index contributed by atoms with van der Waals surface area (Å²) < 4.78 is 32.6. The van der Waals surface area contributed by atoms with Gasteiger partial charge in [0.05, 0.1) is 25.9 Å². The molecule has 2 unspecified atom stereocenters. The number of ether oxygens (including phenoxy) is 2. The maximum Gasteiger partial charge on any atom is 0.472 e. The fourth-order valence-electron chi connectivity index (χ4n) is 5.94. The highest BCUT2D eigenvalue weighted by atomic mass is 31.2. The molecule has 0 bridgehead atoms. The summed E-state index contributed by atoms with van der Waals surface area (Å²) in [6, 6.07) is 0. The van der Waals surface area contributed by atoms with Crippen LogP contribution in [0.1, 0.15) is 187 Å². The molecule has 0 rings (SSSR count). The molecule has 328 valence electrons. The van der Waals surface area contributed by atoms with Crippen LogP contribution in [0.2, 0.25) is 0 Å². The Kier molecular flexibility index (Phi) is 38.6. The van der Waals surface area contributed by atoms with E-state index in [1.54, 1.807) is 12.2 Å². The number of phosphoric acid groups is 1. The quantitative estimate of drug-likeness (QED) is 0.0152. The van der Waals surface area contributed by atoms with Gasteiger partial charge in [-0.1, -0.05) is 172 Å². The second-order valence-electron chi connectivity index (χ2n) is 14.9. The molecule has 0 saturated carbocycles. The molecule has 4 atom stereocenters. The van der Waals surface area contributed by atoms with Crippen LogP contribution in [-0.4, -0.2) is 76.9 Å². The number of carbonyl (C=O) groups is 2. The highest BCUT2D eigenvalue weighted by molar-refractivity contribution is 7.47. The summed E-state index contributed by atoms with van der Waals surface area (Å²) in [5.74, 6) is -1.12. The fourth-order valence-corrected chi connectivity index (χ4v) is 6.73. The molecule has 0 fully saturated rings. The summed E-state index contributed by atoms with van der Waals surface area (Å²) in [7, 11) is -4.66. The van der Waals surface area contributed by atoms with E-state index in [9.17, 15) is 29.3 Å². The lowest BCUT2D eigenvalue weighted by molar-refractivity contribution is -0.161. The molecule has 0 aromatic rings. The topological polar surface area (TPSA) is 169 Å². The van der Waals surface area contributed by atoms with E-state index in [4.69, 9.17) is 19.1 Å². The minimum atomic E-state index is -4.66. The number of rotatable bonds is 41. The number of allylic oxidation sites excluding steroid dienone is 5. The van der Waals surface area contributed by atoms with Crippen LogP contribution in [0.3, 0.4) is 0 Å². The van der Waals surface area contributed by atoms with Crippen molar-refractivity contribution < 1.29 is 52.9 Å². The van der Waals surface area contributed by atoms with Crippen LogP contribution in [0.5, 0.6) is 0 Å². The van der Waals surface area contributed by atoms with E-state index in [2.05, 4.69) is 30.5 Å². The number of esters is 2. The molecule has 4 N–H and O–H groups in total. The second-order valence-corrected chi connectivity index (χ2v) is 16.4. The molecule has 0 aromatic carbocycles. The summed E-state index contributed by atoms with van der Waals surface area (Å²) >= 11 is 0. The van der Waals surface area contributed by atoms with Gasteiger partial charge in [-0.05, 0) is 38.5 Å². The van der Waals surface area contributed by atoms with E-state index in [0.29, 0.717) is 19.3 Å². The minimum absolute atomic E-state index is 0.0193. The SMILES string of the molecule is CCCCCCCC/C=C/C/C=C/C=C/C(O)CCCC(=O)OC[C@H](COP(=O)(O)OC[C@@H](O)CO)OC(=O)CCCCCCCCCCCCCCCCC. The van der Waals surface area contributed by atoms with Gasteiger partial charge in [0.15, 0.2) is 6.10 Å². The number of hydrogen-bond acceptors (Lipinski definition) is 10. The first-order valence-electron chi connectivity index (χ1n) is 22.1. The molecule has 0 radical (unpaired) electrons. The summed E-state index contributed by atoms with van der Waals surface area (Å²) in [6.07, 6.45) is 37.1. The summed E-state index contributed by atoms with van der Waals surface area (Å²) in [4.78, 5) is 35.0. The molecule has 56 heavy (non-hydrogen) atoms. The van der Waals surface area contributed by atoms with Gasteiger partial charge < -0.3 is 29.7 Å². The van der Waals surface area contributed by atoms with Crippen LogP contribution in [0.15, 0.2) is 36.5 Å². The summed E-state index contributed by atoms with van der Waals surface area (Å²) in [6.45, 7) is 2.17. The van der Waals surface area contributed by atoms with E-state index in [1.165, 1.54) is 109 Å². The lowest BCUT2D eigenvalue weighted by Gasteiger charge is -2.20. The van der Waals surface area contributed by atoms with Crippen molar-refractivity contribution in [3.05, 3.63) is 36.5 Å². The molecule has 0 amide bonds. The van der Waals surface area contributed by atoms with Crippen LogP contribution in [0, 0.1) is 0 Å². The highest BCUT2D eigenvalue weighted by Gasteiger charge is 2.27. The Labute approximate surface area is 340 Å². The van der Waals surface area contributed by atoms with Crippen molar-refractivity contribution in [2.75, 3.05) is 26.4 Å². The average molecular weight is 817 g/mol. The van der Waals surface area contributed by atoms with Gasteiger partial charge in [0, 0.05) is 12.8 Å². The number of unbranched alkanes of at least 4 members (excludes halogenated alkanes) is 20. The number of hydrogen-bond donors (Lipinski definition) is 4. The van der Waals surface area contributed by atoms with Crippen molar-refractivity contribution in [2.45, 2.75) is 206 Å². The maximum absolute atomic E-state index is 12.6. The lowest BCUT2D eigenvalue weighted by atomic mass is 10.0. The molecular formula is C44H81O11P. The van der Waals surface area contributed by atoms with Crippen molar-refractivity contribution in [3.8, 4) is 0 Å². The number of aliphatic hydroxyl groups is 3. The van der Waals surface area contributed by atoms with Crippen LogP contribution in [0.4, 0.5) is 0 Å². The van der Waals surface area contributed by atoms with Gasteiger partial charge in [0.2, 0.25) is 0 Å². The van der Waals surface area contributed by atoms with Crippen LogP contribution in [-0.2, 0) is 32.7 Å². The Morgan fingerprint density at radius 1 is 0.607 bits per heavy atom. The number of carbonyl (C=O) groups excluding carboxylic acids is 2. The average Bonchev–Trinajstić information content (AvgIpc) is 3.18. The van der Waals surface area contributed by atoms with Crippen molar-refractivity contribution in [2.24, 2.45) is 0 Å². The van der Waals surface area contributed by atoms with Gasteiger partial charge in [-0.2, -0.15) is 0 Å². The van der Waals surface area contributed by atoms with Gasteiger partial charge in [0.1, 0.15) is 12.7 Å². The van der Waals surface area contributed by atoms with Gasteiger partial charge in [-0.25, -0.2) is 4.57 Å². The zero-order valence-corrected chi connectivity index (χ0v) is 36.1. The van der Waals surface area contributed by atoms with Crippen LogP contribution < -0.4 is 0 Å². The Bertz CT molecular complexity index is 1050.